The van der Waals surface area contributed by atoms with Crippen LogP contribution in [-0.2, 0) is 9.59 Å². The van der Waals surface area contributed by atoms with Gasteiger partial charge in [0.1, 0.15) is 23.5 Å². The Kier molecular flexibility index (Phi) is 6.62. The average Bonchev–Trinajstić information content (AvgIpc) is 2.73. The van der Waals surface area contributed by atoms with Gasteiger partial charge in [-0.05, 0) is 42.7 Å². The number of likely N-dealkylation sites (tertiary alicyclic amines) is 1. The number of likely N-dealkylation sites (N-methyl/N-ethyl adjacent to an activating group) is 1. The van der Waals surface area contributed by atoms with E-state index in [2.05, 4.69) is 0 Å². The van der Waals surface area contributed by atoms with Crippen LogP contribution in [0.1, 0.15) is 34.8 Å². The van der Waals surface area contributed by atoms with Gasteiger partial charge in [-0.25, -0.2) is 13.2 Å². The minimum atomic E-state index is -1.13. The first-order chi connectivity index (χ1) is 14.7. The summed E-state index contributed by atoms with van der Waals surface area (Å²) in [6.45, 7) is 0.391. The first-order valence-electron chi connectivity index (χ1n) is 9.74. The van der Waals surface area contributed by atoms with Crippen molar-refractivity contribution in [3.05, 3.63) is 71.0 Å². The standard InChI is InChI=1S/C22H22F3N3O3/c1-27(19(20(26)29)14-3-2-4-15(23)11-14)21(30)13-7-9-28(10-8-13)22(31)17-6-5-16(24)12-18(17)25/h2-6,11-13,19H,7-10H2,1H3,(H2,26,29). The van der Waals surface area contributed by atoms with E-state index in [0.717, 1.165) is 18.2 Å². The van der Waals surface area contributed by atoms with Crippen molar-refractivity contribution in [3.63, 3.8) is 0 Å². The summed E-state index contributed by atoms with van der Waals surface area (Å²) in [6.07, 6.45) is 0.596. The molecule has 2 aromatic rings. The number of halogens is 3. The van der Waals surface area contributed by atoms with Gasteiger partial charge in [-0.3, -0.25) is 14.4 Å². The summed E-state index contributed by atoms with van der Waals surface area (Å²) >= 11 is 0. The molecule has 6 nitrogen and oxygen atoms in total. The molecule has 0 saturated carbocycles. The van der Waals surface area contributed by atoms with Crippen LogP contribution in [0, 0.1) is 23.4 Å². The van der Waals surface area contributed by atoms with Crippen molar-refractivity contribution in [2.24, 2.45) is 11.7 Å². The van der Waals surface area contributed by atoms with Gasteiger partial charge in [0.2, 0.25) is 11.8 Å². The molecule has 3 rings (SSSR count). The molecule has 31 heavy (non-hydrogen) atoms. The lowest BCUT2D eigenvalue weighted by molar-refractivity contribution is -0.142. The van der Waals surface area contributed by atoms with E-state index >= 15 is 0 Å². The summed E-state index contributed by atoms with van der Waals surface area (Å²) in [7, 11) is 1.42. The SMILES string of the molecule is CN(C(=O)C1CCN(C(=O)c2ccc(F)cc2F)CC1)C(C(N)=O)c1cccc(F)c1. The molecule has 1 heterocycles. The monoisotopic (exact) mass is 433 g/mol. The topological polar surface area (TPSA) is 83.7 Å². The molecule has 1 aliphatic heterocycles. The zero-order valence-corrected chi connectivity index (χ0v) is 16.9. The molecule has 0 aromatic heterocycles. The molecule has 0 aliphatic carbocycles. The lowest BCUT2D eigenvalue weighted by Gasteiger charge is -2.35. The number of hydrogen-bond donors (Lipinski definition) is 1. The molecular weight excluding hydrogens is 411 g/mol. The lowest BCUT2D eigenvalue weighted by atomic mass is 9.93. The number of nitrogens with two attached hydrogens (primary N) is 1. The number of nitrogens with zero attached hydrogens (tertiary/aromatic N) is 2. The molecule has 9 heteroatoms. The van der Waals surface area contributed by atoms with Gasteiger partial charge in [0, 0.05) is 32.1 Å². The number of piperidine rings is 1. The molecule has 1 aliphatic rings. The minimum Gasteiger partial charge on any atom is -0.368 e. The van der Waals surface area contributed by atoms with E-state index in [1.54, 1.807) is 0 Å². The van der Waals surface area contributed by atoms with E-state index in [-0.39, 0.29) is 30.1 Å². The van der Waals surface area contributed by atoms with Gasteiger partial charge in [0.05, 0.1) is 5.56 Å². The fourth-order valence-corrected chi connectivity index (χ4v) is 3.83. The first-order valence-corrected chi connectivity index (χ1v) is 9.74. The van der Waals surface area contributed by atoms with Gasteiger partial charge in [0.15, 0.2) is 0 Å². The van der Waals surface area contributed by atoms with Crippen molar-refractivity contribution in [1.82, 2.24) is 9.80 Å². The number of carbonyl (C=O) groups excluding carboxylic acids is 3. The van der Waals surface area contributed by atoms with Crippen LogP contribution in [0.2, 0.25) is 0 Å². The smallest absolute Gasteiger partial charge is 0.256 e. The van der Waals surface area contributed by atoms with Crippen molar-refractivity contribution in [2.45, 2.75) is 18.9 Å². The van der Waals surface area contributed by atoms with Crippen LogP contribution in [0.5, 0.6) is 0 Å². The number of carbonyl (C=O) groups is 3. The van der Waals surface area contributed by atoms with Gasteiger partial charge in [-0.2, -0.15) is 0 Å². The van der Waals surface area contributed by atoms with Crippen LogP contribution in [0.25, 0.3) is 0 Å². The second-order valence-electron chi connectivity index (χ2n) is 7.50. The molecule has 1 unspecified atom stereocenters. The highest BCUT2D eigenvalue weighted by molar-refractivity contribution is 5.95. The van der Waals surface area contributed by atoms with Gasteiger partial charge < -0.3 is 15.5 Å². The average molecular weight is 433 g/mol. The molecule has 164 valence electrons. The van der Waals surface area contributed by atoms with Gasteiger partial charge in [0.25, 0.3) is 5.91 Å². The number of amides is 3. The number of primary amides is 1. The highest BCUT2D eigenvalue weighted by Gasteiger charge is 2.34. The quantitative estimate of drug-likeness (QED) is 0.787. The van der Waals surface area contributed by atoms with E-state index in [1.807, 2.05) is 0 Å². The summed E-state index contributed by atoms with van der Waals surface area (Å²) in [5, 5.41) is 0. The number of benzene rings is 2. The molecule has 2 N–H and O–H groups in total. The number of rotatable bonds is 5. The highest BCUT2D eigenvalue weighted by Crippen LogP contribution is 2.27. The molecule has 1 saturated heterocycles. The molecule has 3 amide bonds. The summed E-state index contributed by atoms with van der Waals surface area (Å²) in [5.74, 6) is -4.47. The van der Waals surface area contributed by atoms with Crippen molar-refractivity contribution >= 4 is 17.7 Å². The lowest BCUT2D eigenvalue weighted by Crippen LogP contribution is -2.46. The fraction of sp³-hybridized carbons (Fsp3) is 0.318. The molecular formula is C22H22F3N3O3. The van der Waals surface area contributed by atoms with Crippen LogP contribution < -0.4 is 5.73 Å². The van der Waals surface area contributed by atoms with E-state index in [1.165, 1.54) is 35.0 Å². The second-order valence-corrected chi connectivity index (χ2v) is 7.50. The fourth-order valence-electron chi connectivity index (χ4n) is 3.83. The van der Waals surface area contributed by atoms with Gasteiger partial charge in [-0.15, -0.1) is 0 Å². The van der Waals surface area contributed by atoms with Crippen molar-refractivity contribution in [2.75, 3.05) is 20.1 Å². The summed E-state index contributed by atoms with van der Waals surface area (Å²) in [6, 6.07) is 6.94. The van der Waals surface area contributed by atoms with E-state index < -0.39 is 41.2 Å². The Morgan fingerprint density at radius 1 is 1.03 bits per heavy atom. The Morgan fingerprint density at radius 3 is 2.26 bits per heavy atom. The third kappa shape index (κ3) is 4.87. The van der Waals surface area contributed by atoms with Crippen LogP contribution in [0.4, 0.5) is 13.2 Å². The molecule has 1 fully saturated rings. The third-order valence-electron chi connectivity index (χ3n) is 5.46. The predicted octanol–water partition coefficient (Wildman–Crippen LogP) is 2.64. The Hall–Kier alpha value is -3.36. The number of hydrogen-bond acceptors (Lipinski definition) is 3. The Bertz CT molecular complexity index is 1010. The van der Waals surface area contributed by atoms with E-state index in [0.29, 0.717) is 18.9 Å². The summed E-state index contributed by atoms with van der Waals surface area (Å²) in [4.78, 5) is 40.1. The zero-order chi connectivity index (χ0) is 22.7. The third-order valence-corrected chi connectivity index (χ3v) is 5.46. The van der Waals surface area contributed by atoms with Crippen molar-refractivity contribution < 1.29 is 27.6 Å². The molecule has 0 radical (unpaired) electrons. The van der Waals surface area contributed by atoms with E-state index in [4.69, 9.17) is 5.73 Å². The maximum Gasteiger partial charge on any atom is 0.256 e. The van der Waals surface area contributed by atoms with Crippen LogP contribution in [0.15, 0.2) is 42.5 Å². The van der Waals surface area contributed by atoms with Crippen LogP contribution in [0.3, 0.4) is 0 Å². The molecule has 0 bridgehead atoms. The first kappa shape index (κ1) is 22.3. The van der Waals surface area contributed by atoms with Crippen molar-refractivity contribution in [3.8, 4) is 0 Å². The van der Waals surface area contributed by atoms with Crippen LogP contribution >= 0.6 is 0 Å². The normalized spacial score (nSPS) is 15.4. The summed E-state index contributed by atoms with van der Waals surface area (Å²) in [5.41, 5.74) is 5.50. The zero-order valence-electron chi connectivity index (χ0n) is 16.9. The molecule has 1 atom stereocenters. The Balaban J connectivity index is 1.67. The highest BCUT2D eigenvalue weighted by atomic mass is 19.1. The van der Waals surface area contributed by atoms with Gasteiger partial charge in [-0.1, -0.05) is 12.1 Å². The second kappa shape index (κ2) is 9.20. The maximum atomic E-state index is 13.9. The van der Waals surface area contributed by atoms with Crippen molar-refractivity contribution in [1.29, 1.82) is 0 Å². The van der Waals surface area contributed by atoms with E-state index in [9.17, 15) is 27.6 Å². The Morgan fingerprint density at radius 2 is 1.68 bits per heavy atom. The Labute approximate surface area is 177 Å². The minimum absolute atomic E-state index is 0.196. The predicted molar refractivity (Wildman–Crippen MR) is 106 cm³/mol. The molecule has 0 spiro atoms. The largest absolute Gasteiger partial charge is 0.368 e. The van der Waals surface area contributed by atoms with Crippen LogP contribution in [-0.4, -0.2) is 47.7 Å². The molecule has 2 aromatic carbocycles. The maximum absolute atomic E-state index is 13.9. The summed E-state index contributed by atoms with van der Waals surface area (Å²) < 4.78 is 40.6. The van der Waals surface area contributed by atoms with Gasteiger partial charge >= 0.3 is 0 Å².